The summed E-state index contributed by atoms with van der Waals surface area (Å²) in [5.74, 6) is 0. The van der Waals surface area contributed by atoms with Crippen LogP contribution in [0.2, 0.25) is 0 Å². The molecule has 0 saturated carbocycles. The smallest absolute Gasteiger partial charge is 0.281 e. The Kier molecular flexibility index (Phi) is 2.82. The number of aromatic nitrogens is 2. The van der Waals surface area contributed by atoms with Crippen LogP contribution in [0, 0.1) is 0 Å². The monoisotopic (exact) mass is 302 g/mol. The fraction of sp³-hybridized carbons (Fsp3) is 0.200. The molecular formula is C20H18N2O. The first kappa shape index (κ1) is 13.9. The zero-order valence-electron chi connectivity index (χ0n) is 13.5. The molecule has 3 heteroatoms. The first-order valence-corrected chi connectivity index (χ1v) is 7.80. The van der Waals surface area contributed by atoms with Gasteiger partial charge < -0.3 is 0 Å². The summed E-state index contributed by atoms with van der Waals surface area (Å²) in [5, 5.41) is 2.77. The van der Waals surface area contributed by atoms with Crippen LogP contribution in [0.15, 0.2) is 59.4 Å². The van der Waals surface area contributed by atoms with Crippen molar-refractivity contribution in [1.82, 2.24) is 9.38 Å². The van der Waals surface area contributed by atoms with Crippen LogP contribution < -0.4 is 5.56 Å². The van der Waals surface area contributed by atoms with E-state index in [1.165, 1.54) is 0 Å². The number of pyridine rings is 1. The van der Waals surface area contributed by atoms with Gasteiger partial charge in [-0.3, -0.25) is 9.20 Å². The average molecular weight is 302 g/mol. The first-order valence-electron chi connectivity index (χ1n) is 7.80. The van der Waals surface area contributed by atoms with Gasteiger partial charge >= 0.3 is 0 Å². The van der Waals surface area contributed by atoms with Gasteiger partial charge in [0.2, 0.25) is 0 Å². The second-order valence-electron chi connectivity index (χ2n) is 6.96. The number of para-hydroxylation sites is 1. The third-order valence-electron chi connectivity index (χ3n) is 4.30. The Morgan fingerprint density at radius 3 is 2.30 bits per heavy atom. The van der Waals surface area contributed by atoms with E-state index in [0.717, 1.165) is 27.6 Å². The molecule has 114 valence electrons. The van der Waals surface area contributed by atoms with Crippen molar-refractivity contribution < 1.29 is 0 Å². The number of nitrogens with zero attached hydrogens (tertiary/aromatic N) is 2. The van der Waals surface area contributed by atoms with E-state index in [9.17, 15) is 4.79 Å². The fourth-order valence-corrected chi connectivity index (χ4v) is 3.18. The molecular weight excluding hydrogens is 284 g/mol. The Balaban J connectivity index is 2.40. The highest BCUT2D eigenvalue weighted by atomic mass is 16.1. The van der Waals surface area contributed by atoms with Crippen molar-refractivity contribution in [1.29, 1.82) is 0 Å². The quantitative estimate of drug-likeness (QED) is 0.454. The van der Waals surface area contributed by atoms with Gasteiger partial charge in [-0.05, 0) is 23.6 Å². The molecule has 2 heterocycles. The van der Waals surface area contributed by atoms with E-state index in [1.54, 1.807) is 0 Å². The summed E-state index contributed by atoms with van der Waals surface area (Å²) >= 11 is 0. The molecule has 4 rings (SSSR count). The van der Waals surface area contributed by atoms with E-state index < -0.39 is 0 Å². The molecule has 0 atom stereocenters. The number of hydrogen-bond acceptors (Lipinski definition) is 2. The molecule has 0 unspecified atom stereocenters. The minimum Gasteiger partial charge on any atom is -0.297 e. The molecule has 0 bridgehead atoms. The average Bonchev–Trinajstić information content (AvgIpc) is 2.53. The van der Waals surface area contributed by atoms with Crippen LogP contribution in [0.5, 0.6) is 0 Å². The molecule has 2 aromatic carbocycles. The lowest BCUT2D eigenvalue weighted by Gasteiger charge is -2.24. The normalized spacial score (nSPS) is 12.3. The van der Waals surface area contributed by atoms with E-state index in [4.69, 9.17) is 0 Å². The summed E-state index contributed by atoms with van der Waals surface area (Å²) in [6.45, 7) is 6.55. The highest BCUT2D eigenvalue weighted by molar-refractivity contribution is 5.97. The minimum atomic E-state index is -0.170. The summed E-state index contributed by atoms with van der Waals surface area (Å²) in [7, 11) is 0. The molecule has 0 amide bonds. The highest BCUT2D eigenvalue weighted by Crippen LogP contribution is 2.30. The van der Waals surface area contributed by atoms with Gasteiger partial charge in [-0.2, -0.15) is 4.98 Å². The molecule has 0 N–H and O–H groups in total. The maximum Gasteiger partial charge on any atom is 0.281 e. The van der Waals surface area contributed by atoms with Gasteiger partial charge in [-0.1, -0.05) is 57.2 Å². The standard InChI is InChI=1S/C20H18N2O/c1-20(2,3)17-12-13-8-4-5-9-14(13)18-21-19(23)15-10-6-7-11-16(15)22(17)18/h4-12H,1-3H3. The van der Waals surface area contributed by atoms with Gasteiger partial charge in [0.05, 0.1) is 10.9 Å². The first-order chi connectivity index (χ1) is 11.0. The summed E-state index contributed by atoms with van der Waals surface area (Å²) in [6.07, 6.45) is 0. The molecule has 0 aliphatic rings. The predicted molar refractivity (Wildman–Crippen MR) is 95.2 cm³/mol. The van der Waals surface area contributed by atoms with Crippen LogP contribution in [0.25, 0.3) is 27.3 Å². The Bertz CT molecular complexity index is 1120. The molecule has 3 nitrogen and oxygen atoms in total. The van der Waals surface area contributed by atoms with Crippen LogP contribution >= 0.6 is 0 Å². The SMILES string of the molecule is CC(C)(C)c1cc2ccccc2c2nc(=O)c3ccccc3n12. The number of benzene rings is 2. The highest BCUT2D eigenvalue weighted by Gasteiger charge is 2.21. The van der Waals surface area contributed by atoms with Crippen molar-refractivity contribution in [3.8, 4) is 0 Å². The Morgan fingerprint density at radius 1 is 0.913 bits per heavy atom. The van der Waals surface area contributed by atoms with Crippen molar-refractivity contribution >= 4 is 27.3 Å². The van der Waals surface area contributed by atoms with Crippen LogP contribution in [0.4, 0.5) is 0 Å². The van der Waals surface area contributed by atoms with Crippen molar-refractivity contribution in [3.63, 3.8) is 0 Å². The molecule has 2 aromatic heterocycles. The van der Waals surface area contributed by atoms with Crippen LogP contribution in [0.3, 0.4) is 0 Å². The molecule has 0 fully saturated rings. The van der Waals surface area contributed by atoms with Crippen molar-refractivity contribution in [3.05, 3.63) is 70.6 Å². The third kappa shape index (κ3) is 2.04. The van der Waals surface area contributed by atoms with Crippen LogP contribution in [-0.2, 0) is 5.41 Å². The molecule has 0 radical (unpaired) electrons. The summed E-state index contributed by atoms with van der Waals surface area (Å²) in [6, 6.07) is 18.0. The van der Waals surface area contributed by atoms with Crippen molar-refractivity contribution in [2.75, 3.05) is 0 Å². The fourth-order valence-electron chi connectivity index (χ4n) is 3.18. The maximum atomic E-state index is 12.5. The number of fused-ring (bicyclic) bond motifs is 5. The van der Waals surface area contributed by atoms with Gasteiger partial charge in [-0.25, -0.2) is 0 Å². The van der Waals surface area contributed by atoms with E-state index >= 15 is 0 Å². The van der Waals surface area contributed by atoms with Crippen LogP contribution in [0.1, 0.15) is 26.5 Å². The van der Waals surface area contributed by atoms with Gasteiger partial charge in [0.25, 0.3) is 5.56 Å². The lowest BCUT2D eigenvalue weighted by atomic mass is 9.90. The summed E-state index contributed by atoms with van der Waals surface area (Å²) < 4.78 is 2.14. The van der Waals surface area contributed by atoms with Crippen molar-refractivity contribution in [2.45, 2.75) is 26.2 Å². The Hall–Kier alpha value is -2.68. The maximum absolute atomic E-state index is 12.5. The third-order valence-corrected chi connectivity index (χ3v) is 4.30. The molecule has 0 aliphatic carbocycles. The second-order valence-corrected chi connectivity index (χ2v) is 6.96. The molecule has 0 saturated heterocycles. The van der Waals surface area contributed by atoms with Gasteiger partial charge in [0, 0.05) is 16.5 Å². The van der Waals surface area contributed by atoms with Gasteiger partial charge in [0.15, 0.2) is 0 Å². The molecule has 4 aromatic rings. The topological polar surface area (TPSA) is 34.4 Å². The van der Waals surface area contributed by atoms with E-state index in [2.05, 4.69) is 42.3 Å². The predicted octanol–water partition coefficient (Wildman–Crippen LogP) is 4.30. The Morgan fingerprint density at radius 2 is 1.57 bits per heavy atom. The van der Waals surface area contributed by atoms with E-state index in [-0.39, 0.29) is 11.0 Å². The molecule has 23 heavy (non-hydrogen) atoms. The second kappa shape index (κ2) is 4.66. The number of hydrogen-bond donors (Lipinski definition) is 0. The summed E-state index contributed by atoms with van der Waals surface area (Å²) in [4.78, 5) is 16.9. The lowest BCUT2D eigenvalue weighted by Crippen LogP contribution is -2.20. The van der Waals surface area contributed by atoms with Crippen molar-refractivity contribution in [2.24, 2.45) is 0 Å². The molecule has 0 spiro atoms. The molecule has 0 aliphatic heterocycles. The number of rotatable bonds is 0. The van der Waals surface area contributed by atoms with E-state index in [1.807, 2.05) is 42.5 Å². The zero-order valence-corrected chi connectivity index (χ0v) is 13.5. The van der Waals surface area contributed by atoms with Crippen LogP contribution in [-0.4, -0.2) is 9.38 Å². The van der Waals surface area contributed by atoms with Gasteiger partial charge in [-0.15, -0.1) is 0 Å². The summed E-state index contributed by atoms with van der Waals surface area (Å²) in [5.41, 5.74) is 2.56. The zero-order chi connectivity index (χ0) is 16.2. The van der Waals surface area contributed by atoms with Gasteiger partial charge in [0.1, 0.15) is 5.65 Å². The lowest BCUT2D eigenvalue weighted by molar-refractivity contribution is 0.563. The van der Waals surface area contributed by atoms with E-state index in [0.29, 0.717) is 5.39 Å². The Labute approximate surface area is 134 Å². The minimum absolute atomic E-state index is 0.0677. The largest absolute Gasteiger partial charge is 0.297 e.